The second-order valence-corrected chi connectivity index (χ2v) is 5.70. The van der Waals surface area contributed by atoms with Gasteiger partial charge in [0.1, 0.15) is 12.4 Å². The molecule has 0 saturated carbocycles. The van der Waals surface area contributed by atoms with Crippen molar-refractivity contribution in [3.63, 3.8) is 0 Å². The Bertz CT molecular complexity index is 879. The van der Waals surface area contributed by atoms with E-state index in [1.54, 1.807) is 24.3 Å². The molecule has 0 atom stereocenters. The van der Waals surface area contributed by atoms with Gasteiger partial charge in [0.25, 0.3) is 5.91 Å². The summed E-state index contributed by atoms with van der Waals surface area (Å²) in [5.74, 6) is 0.294. The average molecular weight is 365 g/mol. The minimum atomic E-state index is -0.380. The lowest BCUT2D eigenvalue weighted by Gasteiger charge is -2.08. The third kappa shape index (κ3) is 5.71. The first kappa shape index (κ1) is 18.2. The minimum absolute atomic E-state index is 0.137. The molecule has 0 aliphatic heterocycles. The number of carbonyl (C=O) groups excluding carboxylic acids is 2. The van der Waals surface area contributed by atoms with Crippen LogP contribution < -0.4 is 15.4 Å². The van der Waals surface area contributed by atoms with Gasteiger partial charge in [0, 0.05) is 17.8 Å². The van der Waals surface area contributed by atoms with Crippen LogP contribution in [0.5, 0.6) is 5.88 Å². The van der Waals surface area contributed by atoms with E-state index in [1.807, 2.05) is 30.3 Å². The smallest absolute Gasteiger partial charge is 0.251 e. The number of ether oxygens (including phenoxy) is 1. The van der Waals surface area contributed by atoms with E-state index >= 15 is 0 Å². The van der Waals surface area contributed by atoms with E-state index in [4.69, 9.17) is 9.15 Å². The molecule has 0 bridgehead atoms. The molecule has 0 aliphatic rings. The molecule has 0 radical (unpaired) electrons. The molecule has 0 aliphatic carbocycles. The second kappa shape index (κ2) is 9.19. The van der Waals surface area contributed by atoms with Gasteiger partial charge in [-0.05, 0) is 23.8 Å². The number of pyridine rings is 1. The summed E-state index contributed by atoms with van der Waals surface area (Å²) in [5.41, 5.74) is 1.37. The first-order valence-electron chi connectivity index (χ1n) is 8.41. The molecule has 0 unspecified atom stereocenters. The van der Waals surface area contributed by atoms with E-state index in [-0.39, 0.29) is 24.9 Å². The fraction of sp³-hybridized carbons (Fsp3) is 0.150. The predicted molar refractivity (Wildman–Crippen MR) is 97.9 cm³/mol. The van der Waals surface area contributed by atoms with Gasteiger partial charge >= 0.3 is 0 Å². The van der Waals surface area contributed by atoms with Gasteiger partial charge < -0.3 is 19.8 Å². The molecule has 2 heterocycles. The number of hydrogen-bond donors (Lipinski definition) is 2. The van der Waals surface area contributed by atoms with Crippen LogP contribution in [-0.2, 0) is 17.9 Å². The number of rotatable bonds is 8. The van der Waals surface area contributed by atoms with Gasteiger partial charge in [-0.3, -0.25) is 9.59 Å². The van der Waals surface area contributed by atoms with E-state index in [0.717, 1.165) is 5.56 Å². The number of benzene rings is 1. The summed E-state index contributed by atoms with van der Waals surface area (Å²) in [6, 6.07) is 16.3. The average Bonchev–Trinajstić information content (AvgIpc) is 3.23. The molecule has 138 valence electrons. The Morgan fingerprint density at radius 3 is 2.67 bits per heavy atom. The number of amides is 2. The topological polar surface area (TPSA) is 93.5 Å². The summed E-state index contributed by atoms with van der Waals surface area (Å²) in [6.07, 6.45) is 3.02. The van der Waals surface area contributed by atoms with Crippen LogP contribution >= 0.6 is 0 Å². The monoisotopic (exact) mass is 365 g/mol. The van der Waals surface area contributed by atoms with Crippen LogP contribution in [-0.4, -0.2) is 23.3 Å². The number of aromatic nitrogens is 1. The van der Waals surface area contributed by atoms with Crippen molar-refractivity contribution in [2.75, 3.05) is 6.54 Å². The van der Waals surface area contributed by atoms with Crippen LogP contribution in [0.2, 0.25) is 0 Å². The Balaban J connectivity index is 1.47. The Morgan fingerprint density at radius 1 is 1.04 bits per heavy atom. The van der Waals surface area contributed by atoms with Gasteiger partial charge in [0.15, 0.2) is 0 Å². The van der Waals surface area contributed by atoms with Crippen LogP contribution in [0, 0.1) is 0 Å². The molecule has 3 rings (SSSR count). The fourth-order valence-electron chi connectivity index (χ4n) is 2.29. The van der Waals surface area contributed by atoms with Crippen molar-refractivity contribution < 1.29 is 18.7 Å². The van der Waals surface area contributed by atoms with E-state index in [9.17, 15) is 9.59 Å². The van der Waals surface area contributed by atoms with E-state index < -0.39 is 0 Å². The van der Waals surface area contributed by atoms with Crippen molar-refractivity contribution in [3.05, 3.63) is 83.9 Å². The minimum Gasteiger partial charge on any atom is -0.473 e. The fourth-order valence-corrected chi connectivity index (χ4v) is 2.29. The lowest BCUT2D eigenvalue weighted by molar-refractivity contribution is -0.120. The Hall–Kier alpha value is -3.61. The van der Waals surface area contributed by atoms with Crippen LogP contribution in [0.1, 0.15) is 21.7 Å². The molecule has 0 spiro atoms. The molecule has 1 aromatic carbocycles. The Morgan fingerprint density at radius 2 is 1.89 bits per heavy atom. The number of furan rings is 1. The summed E-state index contributed by atoms with van der Waals surface area (Å²) in [7, 11) is 0. The van der Waals surface area contributed by atoms with E-state index in [1.165, 1.54) is 12.5 Å². The highest BCUT2D eigenvalue weighted by Gasteiger charge is 2.10. The van der Waals surface area contributed by atoms with E-state index in [2.05, 4.69) is 15.6 Å². The number of carbonyl (C=O) groups is 2. The first-order valence-corrected chi connectivity index (χ1v) is 8.41. The first-order chi connectivity index (χ1) is 13.2. The molecular weight excluding hydrogens is 346 g/mol. The van der Waals surface area contributed by atoms with Gasteiger partial charge in [-0.15, -0.1) is 0 Å². The molecular formula is C20H19N3O4. The third-order valence-electron chi connectivity index (χ3n) is 3.68. The lowest BCUT2D eigenvalue weighted by atomic mass is 10.2. The van der Waals surface area contributed by atoms with Crippen LogP contribution in [0.3, 0.4) is 0 Å². The summed E-state index contributed by atoms with van der Waals surface area (Å²) >= 11 is 0. The zero-order chi connectivity index (χ0) is 18.9. The maximum absolute atomic E-state index is 12.2. The summed E-state index contributed by atoms with van der Waals surface area (Å²) in [6.45, 7) is 0.491. The van der Waals surface area contributed by atoms with Crippen LogP contribution in [0.4, 0.5) is 0 Å². The molecule has 3 aromatic rings. The van der Waals surface area contributed by atoms with Crippen LogP contribution in [0.25, 0.3) is 0 Å². The van der Waals surface area contributed by atoms with Crippen molar-refractivity contribution in [2.45, 2.75) is 13.2 Å². The van der Waals surface area contributed by atoms with Gasteiger partial charge in [-0.2, -0.15) is 0 Å². The molecule has 7 heteroatoms. The van der Waals surface area contributed by atoms with Crippen LogP contribution in [0.15, 0.2) is 71.5 Å². The molecule has 0 fully saturated rings. The standard InChI is InChI=1S/C20H19N3O4/c24-18(22-12-17-7-4-10-26-17)13-23-20(25)16-8-9-21-19(11-16)27-14-15-5-2-1-3-6-15/h1-11H,12-14H2,(H,22,24)(H,23,25). The zero-order valence-electron chi connectivity index (χ0n) is 14.6. The van der Waals surface area contributed by atoms with Crippen molar-refractivity contribution in [3.8, 4) is 5.88 Å². The lowest BCUT2D eigenvalue weighted by Crippen LogP contribution is -2.36. The highest BCUT2D eigenvalue weighted by Crippen LogP contribution is 2.11. The predicted octanol–water partition coefficient (Wildman–Crippen LogP) is 2.30. The van der Waals surface area contributed by atoms with Gasteiger partial charge in [-0.1, -0.05) is 30.3 Å². The number of nitrogens with zero attached hydrogens (tertiary/aromatic N) is 1. The van der Waals surface area contributed by atoms with Gasteiger partial charge in [0.2, 0.25) is 11.8 Å². The Kier molecular flexibility index (Phi) is 6.19. The molecule has 7 nitrogen and oxygen atoms in total. The molecule has 2 amide bonds. The zero-order valence-corrected chi connectivity index (χ0v) is 14.6. The Labute approximate surface area is 156 Å². The van der Waals surface area contributed by atoms with Gasteiger partial charge in [0.05, 0.1) is 19.4 Å². The van der Waals surface area contributed by atoms with Crippen molar-refractivity contribution in [2.24, 2.45) is 0 Å². The molecule has 0 saturated heterocycles. The van der Waals surface area contributed by atoms with E-state index in [0.29, 0.717) is 23.8 Å². The largest absolute Gasteiger partial charge is 0.473 e. The van der Waals surface area contributed by atoms with Crippen molar-refractivity contribution in [1.82, 2.24) is 15.6 Å². The SMILES string of the molecule is O=C(CNC(=O)c1ccnc(OCc2ccccc2)c1)NCc1ccco1. The summed E-state index contributed by atoms with van der Waals surface area (Å²) < 4.78 is 10.7. The third-order valence-corrected chi connectivity index (χ3v) is 3.68. The highest BCUT2D eigenvalue weighted by atomic mass is 16.5. The highest BCUT2D eigenvalue weighted by molar-refractivity contribution is 5.96. The van der Waals surface area contributed by atoms with Crippen molar-refractivity contribution in [1.29, 1.82) is 0 Å². The maximum atomic E-state index is 12.2. The quantitative estimate of drug-likeness (QED) is 0.639. The molecule has 2 aromatic heterocycles. The number of hydrogen-bond acceptors (Lipinski definition) is 5. The number of nitrogens with one attached hydrogen (secondary N) is 2. The van der Waals surface area contributed by atoms with Crippen molar-refractivity contribution >= 4 is 11.8 Å². The second-order valence-electron chi connectivity index (χ2n) is 5.70. The normalized spacial score (nSPS) is 10.2. The van der Waals surface area contributed by atoms with Gasteiger partial charge in [-0.25, -0.2) is 4.98 Å². The summed E-state index contributed by atoms with van der Waals surface area (Å²) in [4.78, 5) is 28.1. The molecule has 2 N–H and O–H groups in total. The molecule has 27 heavy (non-hydrogen) atoms. The summed E-state index contributed by atoms with van der Waals surface area (Å²) in [5, 5.41) is 5.22. The maximum Gasteiger partial charge on any atom is 0.251 e.